The molecule has 2 aromatic rings. The number of carbonyl (C=O) groups is 1. The Bertz CT molecular complexity index is 606. The number of halogens is 1. The third-order valence-corrected chi connectivity index (χ3v) is 4.19. The predicted octanol–water partition coefficient (Wildman–Crippen LogP) is 3.55. The fourth-order valence-corrected chi connectivity index (χ4v) is 3.22. The normalized spacial score (nSPS) is 10.5. The van der Waals surface area contributed by atoms with Crippen LogP contribution in [0.1, 0.15) is 16.1 Å². The Kier molecular flexibility index (Phi) is 4.04. The standard InChI is InChI=1S/C13H13BrN2OS/c1-2-3-6-16-13(17)12-11(15)9-5-4-8(14)7-10(9)18-12/h2,4-5,7H,1,3,6,15H2,(H,16,17). The number of thiophene rings is 1. The first-order valence-corrected chi connectivity index (χ1v) is 7.11. The molecule has 1 heterocycles. The summed E-state index contributed by atoms with van der Waals surface area (Å²) in [5.74, 6) is -0.119. The van der Waals surface area contributed by atoms with Gasteiger partial charge < -0.3 is 11.1 Å². The number of anilines is 1. The molecule has 1 aromatic carbocycles. The van der Waals surface area contributed by atoms with Crippen molar-refractivity contribution < 1.29 is 4.79 Å². The van der Waals surface area contributed by atoms with E-state index in [9.17, 15) is 4.79 Å². The van der Waals surface area contributed by atoms with Crippen LogP contribution in [0.2, 0.25) is 0 Å². The largest absolute Gasteiger partial charge is 0.397 e. The maximum absolute atomic E-state index is 12.0. The lowest BCUT2D eigenvalue weighted by molar-refractivity contribution is 0.0959. The summed E-state index contributed by atoms with van der Waals surface area (Å²) in [4.78, 5) is 12.5. The number of fused-ring (bicyclic) bond motifs is 1. The van der Waals surface area contributed by atoms with Crippen LogP contribution in [0.4, 0.5) is 5.69 Å². The molecule has 0 atom stereocenters. The Labute approximate surface area is 118 Å². The molecule has 0 unspecified atom stereocenters. The van der Waals surface area contributed by atoms with Crippen molar-refractivity contribution in [1.82, 2.24) is 5.32 Å². The van der Waals surface area contributed by atoms with Crippen LogP contribution in [0.3, 0.4) is 0 Å². The van der Waals surface area contributed by atoms with Gasteiger partial charge in [0.15, 0.2) is 0 Å². The molecule has 18 heavy (non-hydrogen) atoms. The van der Waals surface area contributed by atoms with E-state index < -0.39 is 0 Å². The van der Waals surface area contributed by atoms with Crippen molar-refractivity contribution in [3.8, 4) is 0 Å². The fraction of sp³-hybridized carbons (Fsp3) is 0.154. The first kappa shape index (κ1) is 13.1. The average Bonchev–Trinajstić information content (AvgIpc) is 2.66. The van der Waals surface area contributed by atoms with Gasteiger partial charge in [0.05, 0.1) is 5.69 Å². The molecule has 0 saturated carbocycles. The van der Waals surface area contributed by atoms with Gasteiger partial charge in [-0.1, -0.05) is 28.1 Å². The number of benzene rings is 1. The van der Waals surface area contributed by atoms with Crippen LogP contribution in [0.25, 0.3) is 10.1 Å². The van der Waals surface area contributed by atoms with Crippen molar-refractivity contribution in [3.05, 3.63) is 40.2 Å². The Morgan fingerprint density at radius 3 is 3.06 bits per heavy atom. The number of nitrogens with one attached hydrogen (secondary N) is 1. The monoisotopic (exact) mass is 324 g/mol. The summed E-state index contributed by atoms with van der Waals surface area (Å²) in [7, 11) is 0. The van der Waals surface area contributed by atoms with Crippen LogP contribution in [-0.4, -0.2) is 12.5 Å². The molecule has 0 saturated heterocycles. The van der Waals surface area contributed by atoms with Gasteiger partial charge in [-0.2, -0.15) is 0 Å². The number of hydrogen-bond donors (Lipinski definition) is 2. The second-order valence-electron chi connectivity index (χ2n) is 3.82. The summed E-state index contributed by atoms with van der Waals surface area (Å²) in [6, 6.07) is 5.81. The van der Waals surface area contributed by atoms with Crippen LogP contribution >= 0.6 is 27.3 Å². The minimum Gasteiger partial charge on any atom is -0.397 e. The van der Waals surface area contributed by atoms with Gasteiger partial charge in [0.1, 0.15) is 4.88 Å². The maximum atomic E-state index is 12.0. The number of hydrogen-bond acceptors (Lipinski definition) is 3. The summed E-state index contributed by atoms with van der Waals surface area (Å²) in [6.07, 6.45) is 2.52. The molecule has 1 amide bonds. The molecule has 94 valence electrons. The van der Waals surface area contributed by atoms with Crippen LogP contribution in [0.5, 0.6) is 0 Å². The van der Waals surface area contributed by atoms with Crippen molar-refractivity contribution in [2.75, 3.05) is 12.3 Å². The Morgan fingerprint density at radius 2 is 2.33 bits per heavy atom. The third-order valence-electron chi connectivity index (χ3n) is 2.53. The second-order valence-corrected chi connectivity index (χ2v) is 5.79. The van der Waals surface area contributed by atoms with Crippen molar-refractivity contribution >= 4 is 48.9 Å². The number of nitrogens with two attached hydrogens (primary N) is 1. The molecular weight excluding hydrogens is 312 g/mol. The minimum absolute atomic E-state index is 0.119. The van der Waals surface area contributed by atoms with E-state index in [1.54, 1.807) is 6.08 Å². The smallest absolute Gasteiger partial charge is 0.263 e. The number of rotatable bonds is 4. The highest BCUT2D eigenvalue weighted by Crippen LogP contribution is 2.35. The van der Waals surface area contributed by atoms with Gasteiger partial charge in [0, 0.05) is 21.1 Å². The van der Waals surface area contributed by atoms with Crippen molar-refractivity contribution in [2.24, 2.45) is 0 Å². The van der Waals surface area contributed by atoms with Gasteiger partial charge in [-0.15, -0.1) is 17.9 Å². The Morgan fingerprint density at radius 1 is 1.56 bits per heavy atom. The Hall–Kier alpha value is -1.33. The van der Waals surface area contributed by atoms with Crippen molar-refractivity contribution in [2.45, 2.75) is 6.42 Å². The van der Waals surface area contributed by atoms with E-state index in [1.807, 2.05) is 18.2 Å². The molecule has 0 aliphatic carbocycles. The molecule has 3 nitrogen and oxygen atoms in total. The van der Waals surface area contributed by atoms with E-state index in [0.29, 0.717) is 17.1 Å². The van der Waals surface area contributed by atoms with E-state index in [2.05, 4.69) is 27.8 Å². The molecule has 3 N–H and O–H groups in total. The van der Waals surface area contributed by atoms with Crippen molar-refractivity contribution in [1.29, 1.82) is 0 Å². The molecule has 0 fully saturated rings. The average molecular weight is 325 g/mol. The summed E-state index contributed by atoms with van der Waals surface area (Å²) in [5.41, 5.74) is 6.56. The van der Waals surface area contributed by atoms with Gasteiger partial charge in [-0.25, -0.2) is 0 Å². The SMILES string of the molecule is C=CCCNC(=O)c1sc2cc(Br)ccc2c1N. The van der Waals surface area contributed by atoms with Crippen molar-refractivity contribution in [3.63, 3.8) is 0 Å². The number of amides is 1. The minimum atomic E-state index is -0.119. The summed E-state index contributed by atoms with van der Waals surface area (Å²) in [5, 5.41) is 3.75. The van der Waals surface area contributed by atoms with Crippen LogP contribution in [0.15, 0.2) is 35.3 Å². The quantitative estimate of drug-likeness (QED) is 0.667. The zero-order valence-corrected chi connectivity index (χ0v) is 12.1. The molecule has 0 radical (unpaired) electrons. The van der Waals surface area contributed by atoms with Gasteiger partial charge in [0.2, 0.25) is 0 Å². The molecule has 1 aromatic heterocycles. The molecule has 2 rings (SSSR count). The summed E-state index contributed by atoms with van der Waals surface area (Å²) >= 11 is 4.82. The number of carbonyl (C=O) groups excluding carboxylic acids is 1. The van der Waals surface area contributed by atoms with E-state index in [-0.39, 0.29) is 5.91 Å². The summed E-state index contributed by atoms with van der Waals surface area (Å²) < 4.78 is 1.99. The molecule has 0 aliphatic rings. The Balaban J connectivity index is 2.30. The molecular formula is C13H13BrN2OS. The van der Waals surface area contributed by atoms with Gasteiger partial charge in [0.25, 0.3) is 5.91 Å². The zero-order valence-electron chi connectivity index (χ0n) is 9.70. The lowest BCUT2D eigenvalue weighted by atomic mass is 10.2. The van der Waals surface area contributed by atoms with Crippen LogP contribution < -0.4 is 11.1 Å². The fourth-order valence-electron chi connectivity index (χ4n) is 1.63. The predicted molar refractivity (Wildman–Crippen MR) is 81.1 cm³/mol. The highest BCUT2D eigenvalue weighted by atomic mass is 79.9. The van der Waals surface area contributed by atoms with E-state index in [1.165, 1.54) is 11.3 Å². The van der Waals surface area contributed by atoms with Gasteiger partial charge >= 0.3 is 0 Å². The first-order valence-electron chi connectivity index (χ1n) is 5.50. The lowest BCUT2D eigenvalue weighted by Gasteiger charge is -2.01. The zero-order chi connectivity index (χ0) is 13.1. The second kappa shape index (κ2) is 5.54. The molecule has 0 aliphatic heterocycles. The van der Waals surface area contributed by atoms with Crippen LogP contribution in [-0.2, 0) is 0 Å². The first-order chi connectivity index (χ1) is 8.63. The molecule has 5 heteroatoms. The maximum Gasteiger partial charge on any atom is 0.263 e. The summed E-state index contributed by atoms with van der Waals surface area (Å²) in [6.45, 7) is 4.20. The van der Waals surface area contributed by atoms with Gasteiger partial charge in [-0.05, 0) is 18.6 Å². The van der Waals surface area contributed by atoms with Gasteiger partial charge in [-0.3, -0.25) is 4.79 Å². The highest BCUT2D eigenvalue weighted by Gasteiger charge is 2.15. The lowest BCUT2D eigenvalue weighted by Crippen LogP contribution is -2.23. The topological polar surface area (TPSA) is 55.1 Å². The van der Waals surface area contributed by atoms with E-state index in [4.69, 9.17) is 5.73 Å². The molecule has 0 spiro atoms. The van der Waals surface area contributed by atoms with E-state index in [0.717, 1.165) is 21.0 Å². The van der Waals surface area contributed by atoms with E-state index >= 15 is 0 Å². The third kappa shape index (κ3) is 2.57. The number of nitrogen functional groups attached to an aromatic ring is 1. The highest BCUT2D eigenvalue weighted by molar-refractivity contribution is 9.10. The molecule has 0 bridgehead atoms. The van der Waals surface area contributed by atoms with Crippen LogP contribution in [0, 0.1) is 0 Å².